The molecule has 66 valence electrons. The van der Waals surface area contributed by atoms with Crippen molar-refractivity contribution in [1.29, 1.82) is 0 Å². The van der Waals surface area contributed by atoms with Crippen LogP contribution in [0.15, 0.2) is 18.2 Å². The SMILES string of the molecule is NCC(F)c1ccc(O)c(Cl)c1. The molecule has 0 spiro atoms. The summed E-state index contributed by atoms with van der Waals surface area (Å²) in [6.07, 6.45) is -1.22. The van der Waals surface area contributed by atoms with Crippen LogP contribution < -0.4 is 5.73 Å². The van der Waals surface area contributed by atoms with E-state index in [4.69, 9.17) is 22.4 Å². The molecule has 0 saturated carbocycles. The first-order chi connectivity index (χ1) is 5.65. The Bertz CT molecular complexity index is 280. The molecule has 1 rings (SSSR count). The van der Waals surface area contributed by atoms with Gasteiger partial charge in [-0.25, -0.2) is 4.39 Å². The molecular weight excluding hydrogens is 181 g/mol. The Morgan fingerprint density at radius 3 is 2.75 bits per heavy atom. The summed E-state index contributed by atoms with van der Waals surface area (Å²) < 4.78 is 12.9. The standard InChI is InChI=1S/C8H9ClFNO/c9-6-3-5(7(10)4-11)1-2-8(6)12/h1-3,7,12H,4,11H2. The van der Waals surface area contributed by atoms with Gasteiger partial charge in [0.2, 0.25) is 0 Å². The summed E-state index contributed by atoms with van der Waals surface area (Å²) in [5.41, 5.74) is 5.50. The number of phenols is 1. The summed E-state index contributed by atoms with van der Waals surface area (Å²) in [5.74, 6) is -0.0513. The van der Waals surface area contributed by atoms with Crippen molar-refractivity contribution in [2.24, 2.45) is 5.73 Å². The summed E-state index contributed by atoms with van der Waals surface area (Å²) in [5, 5.41) is 9.15. The second-order valence-corrected chi connectivity index (χ2v) is 2.82. The van der Waals surface area contributed by atoms with Crippen LogP contribution in [0.4, 0.5) is 4.39 Å². The summed E-state index contributed by atoms with van der Waals surface area (Å²) in [6.45, 7) is -0.0822. The van der Waals surface area contributed by atoms with Crippen molar-refractivity contribution in [3.8, 4) is 5.75 Å². The van der Waals surface area contributed by atoms with Crippen LogP contribution >= 0.6 is 11.6 Å². The molecule has 2 nitrogen and oxygen atoms in total. The van der Waals surface area contributed by atoms with Crippen LogP contribution in [0.25, 0.3) is 0 Å². The van der Waals surface area contributed by atoms with Gasteiger partial charge in [0.1, 0.15) is 11.9 Å². The van der Waals surface area contributed by atoms with E-state index in [1.54, 1.807) is 0 Å². The molecule has 1 aromatic carbocycles. The second-order valence-electron chi connectivity index (χ2n) is 2.41. The van der Waals surface area contributed by atoms with Gasteiger partial charge in [0.15, 0.2) is 0 Å². The van der Waals surface area contributed by atoms with E-state index in [0.29, 0.717) is 5.56 Å². The monoisotopic (exact) mass is 189 g/mol. The van der Waals surface area contributed by atoms with Gasteiger partial charge < -0.3 is 10.8 Å². The van der Waals surface area contributed by atoms with E-state index >= 15 is 0 Å². The third-order valence-electron chi connectivity index (χ3n) is 1.54. The van der Waals surface area contributed by atoms with E-state index in [2.05, 4.69) is 0 Å². The van der Waals surface area contributed by atoms with Crippen molar-refractivity contribution in [2.45, 2.75) is 6.17 Å². The molecule has 0 radical (unpaired) electrons. The average molecular weight is 190 g/mol. The van der Waals surface area contributed by atoms with Gasteiger partial charge in [-0.2, -0.15) is 0 Å². The molecule has 0 fully saturated rings. The number of halogens is 2. The number of hydrogen-bond acceptors (Lipinski definition) is 2. The van der Waals surface area contributed by atoms with Crippen LogP contribution in [0.1, 0.15) is 11.7 Å². The van der Waals surface area contributed by atoms with Crippen molar-refractivity contribution in [2.75, 3.05) is 6.54 Å². The molecule has 0 heterocycles. The molecule has 0 aromatic heterocycles. The molecule has 0 aliphatic carbocycles. The van der Waals surface area contributed by atoms with Crippen LogP contribution in [0.5, 0.6) is 5.75 Å². The largest absolute Gasteiger partial charge is 0.506 e. The van der Waals surface area contributed by atoms with Gasteiger partial charge in [0.05, 0.1) is 5.02 Å². The van der Waals surface area contributed by atoms with Crippen LogP contribution in [-0.2, 0) is 0 Å². The number of benzene rings is 1. The van der Waals surface area contributed by atoms with Crippen molar-refractivity contribution in [3.05, 3.63) is 28.8 Å². The highest BCUT2D eigenvalue weighted by Crippen LogP contribution is 2.27. The van der Waals surface area contributed by atoms with Crippen LogP contribution in [-0.4, -0.2) is 11.7 Å². The molecule has 1 unspecified atom stereocenters. The van der Waals surface area contributed by atoms with E-state index in [0.717, 1.165) is 0 Å². The zero-order valence-corrected chi connectivity index (χ0v) is 7.05. The fourth-order valence-corrected chi connectivity index (χ4v) is 1.04. The fourth-order valence-electron chi connectivity index (χ4n) is 0.854. The van der Waals surface area contributed by atoms with Crippen LogP contribution in [0.3, 0.4) is 0 Å². The Kier molecular flexibility index (Phi) is 2.89. The third-order valence-corrected chi connectivity index (χ3v) is 1.84. The minimum Gasteiger partial charge on any atom is -0.506 e. The Labute approximate surface area is 74.8 Å². The Morgan fingerprint density at radius 2 is 2.25 bits per heavy atom. The van der Waals surface area contributed by atoms with Gasteiger partial charge in [-0.1, -0.05) is 17.7 Å². The maximum absolute atomic E-state index is 12.9. The number of alkyl halides is 1. The molecule has 1 aromatic rings. The van der Waals surface area contributed by atoms with E-state index in [1.165, 1.54) is 18.2 Å². The molecule has 12 heavy (non-hydrogen) atoms. The van der Waals surface area contributed by atoms with Gasteiger partial charge in [-0.3, -0.25) is 0 Å². The Hall–Kier alpha value is -0.800. The molecule has 0 aliphatic rings. The van der Waals surface area contributed by atoms with Crippen LogP contribution in [0.2, 0.25) is 5.02 Å². The van der Waals surface area contributed by atoms with E-state index < -0.39 is 6.17 Å². The number of hydrogen-bond donors (Lipinski definition) is 2. The lowest BCUT2D eigenvalue weighted by Crippen LogP contribution is -2.07. The number of rotatable bonds is 2. The average Bonchev–Trinajstić information content (AvgIpc) is 2.08. The molecule has 0 amide bonds. The van der Waals surface area contributed by atoms with E-state index in [1.807, 2.05) is 0 Å². The van der Waals surface area contributed by atoms with E-state index in [-0.39, 0.29) is 17.3 Å². The number of aromatic hydroxyl groups is 1. The van der Waals surface area contributed by atoms with Crippen molar-refractivity contribution >= 4 is 11.6 Å². The fraction of sp³-hybridized carbons (Fsp3) is 0.250. The second kappa shape index (κ2) is 3.74. The first-order valence-corrected chi connectivity index (χ1v) is 3.85. The smallest absolute Gasteiger partial charge is 0.137 e. The van der Waals surface area contributed by atoms with E-state index in [9.17, 15) is 4.39 Å². The summed E-state index contributed by atoms with van der Waals surface area (Å²) >= 11 is 5.56. The van der Waals surface area contributed by atoms with Gasteiger partial charge in [-0.05, 0) is 17.7 Å². The highest BCUT2D eigenvalue weighted by molar-refractivity contribution is 6.32. The first-order valence-electron chi connectivity index (χ1n) is 3.47. The molecule has 4 heteroatoms. The predicted octanol–water partition coefficient (Wildman–Crippen LogP) is 2.01. The Morgan fingerprint density at radius 1 is 1.58 bits per heavy atom. The summed E-state index contributed by atoms with van der Waals surface area (Å²) in [4.78, 5) is 0. The summed E-state index contributed by atoms with van der Waals surface area (Å²) in [7, 11) is 0. The Balaban J connectivity index is 2.96. The number of phenolic OH excluding ortho intramolecular Hbond substituents is 1. The zero-order valence-electron chi connectivity index (χ0n) is 6.30. The first kappa shape index (κ1) is 9.29. The molecule has 0 saturated heterocycles. The van der Waals surface area contributed by atoms with Crippen molar-refractivity contribution < 1.29 is 9.50 Å². The lowest BCUT2D eigenvalue weighted by Gasteiger charge is -2.05. The minimum atomic E-state index is -1.22. The topological polar surface area (TPSA) is 46.2 Å². The number of nitrogens with two attached hydrogens (primary N) is 1. The van der Waals surface area contributed by atoms with Crippen LogP contribution in [0, 0.1) is 0 Å². The van der Waals surface area contributed by atoms with Crippen molar-refractivity contribution in [1.82, 2.24) is 0 Å². The van der Waals surface area contributed by atoms with Gasteiger partial charge in [0, 0.05) is 6.54 Å². The quantitative estimate of drug-likeness (QED) is 0.748. The lowest BCUT2D eigenvalue weighted by atomic mass is 10.1. The third kappa shape index (κ3) is 1.87. The molecular formula is C8H9ClFNO. The molecule has 1 atom stereocenters. The maximum Gasteiger partial charge on any atom is 0.137 e. The highest BCUT2D eigenvalue weighted by Gasteiger charge is 2.08. The van der Waals surface area contributed by atoms with Gasteiger partial charge >= 0.3 is 0 Å². The van der Waals surface area contributed by atoms with Crippen molar-refractivity contribution in [3.63, 3.8) is 0 Å². The normalized spacial score (nSPS) is 12.9. The maximum atomic E-state index is 12.9. The summed E-state index contributed by atoms with van der Waals surface area (Å²) in [6, 6.07) is 4.17. The zero-order chi connectivity index (χ0) is 9.14. The lowest BCUT2D eigenvalue weighted by molar-refractivity contribution is 0.352. The van der Waals surface area contributed by atoms with Gasteiger partial charge in [-0.15, -0.1) is 0 Å². The molecule has 0 aliphatic heterocycles. The highest BCUT2D eigenvalue weighted by atomic mass is 35.5. The minimum absolute atomic E-state index is 0.0513. The molecule has 0 bridgehead atoms. The predicted molar refractivity (Wildman–Crippen MR) is 46.0 cm³/mol. The molecule has 3 N–H and O–H groups in total. The van der Waals surface area contributed by atoms with Gasteiger partial charge in [0.25, 0.3) is 0 Å².